The highest BCUT2D eigenvalue weighted by Crippen LogP contribution is 2.29. The van der Waals surface area contributed by atoms with Gasteiger partial charge in [-0.05, 0) is 33.6 Å². The molecule has 2 rings (SSSR count). The van der Waals surface area contributed by atoms with Crippen molar-refractivity contribution in [3.63, 3.8) is 0 Å². The quantitative estimate of drug-likeness (QED) is 0.720. The maximum atomic E-state index is 12.0. The Kier molecular flexibility index (Phi) is 5.91. The standard InChI is InChI=1S/C15H27BrN2O3/c1-15(2,3)21-14(19)18-7-5-17(6-8-18)12-10-13(11-12)20-9-4-16/h12-13H,4-11H2,1-3H3/t12-,13-. The van der Waals surface area contributed by atoms with Crippen molar-refractivity contribution in [1.82, 2.24) is 9.80 Å². The Balaban J connectivity index is 1.66. The SMILES string of the molecule is CC(C)(C)OC(=O)N1CCN([C@H]2C[C@H](OCCBr)C2)CC1. The summed E-state index contributed by atoms with van der Waals surface area (Å²) in [7, 11) is 0. The van der Waals surface area contributed by atoms with E-state index >= 15 is 0 Å². The molecule has 1 saturated heterocycles. The van der Waals surface area contributed by atoms with Crippen LogP contribution in [0, 0.1) is 0 Å². The van der Waals surface area contributed by atoms with Gasteiger partial charge in [-0.15, -0.1) is 0 Å². The van der Waals surface area contributed by atoms with Gasteiger partial charge in [0.25, 0.3) is 0 Å². The summed E-state index contributed by atoms with van der Waals surface area (Å²) in [5.74, 6) is 0. The highest BCUT2D eigenvalue weighted by Gasteiger charge is 2.36. The van der Waals surface area contributed by atoms with Crippen LogP contribution >= 0.6 is 15.9 Å². The van der Waals surface area contributed by atoms with Crippen LogP contribution in [0.4, 0.5) is 4.79 Å². The predicted molar refractivity (Wildman–Crippen MR) is 85.9 cm³/mol. The van der Waals surface area contributed by atoms with Crippen LogP contribution in [-0.4, -0.2) is 71.8 Å². The van der Waals surface area contributed by atoms with E-state index in [2.05, 4.69) is 20.8 Å². The molecule has 0 spiro atoms. The number of piperazine rings is 1. The number of carbonyl (C=O) groups is 1. The first-order valence-corrected chi connectivity index (χ1v) is 8.91. The number of rotatable bonds is 4. The highest BCUT2D eigenvalue weighted by molar-refractivity contribution is 9.09. The van der Waals surface area contributed by atoms with Crippen molar-refractivity contribution in [1.29, 1.82) is 0 Å². The lowest BCUT2D eigenvalue weighted by Gasteiger charge is -2.46. The van der Waals surface area contributed by atoms with Crippen LogP contribution in [0.3, 0.4) is 0 Å². The van der Waals surface area contributed by atoms with E-state index in [0.717, 1.165) is 51.0 Å². The van der Waals surface area contributed by atoms with Gasteiger partial charge in [0.15, 0.2) is 0 Å². The molecular weight excluding hydrogens is 336 g/mol. The fourth-order valence-electron chi connectivity index (χ4n) is 2.78. The van der Waals surface area contributed by atoms with Gasteiger partial charge in [-0.25, -0.2) is 4.79 Å². The van der Waals surface area contributed by atoms with E-state index in [1.807, 2.05) is 25.7 Å². The summed E-state index contributed by atoms with van der Waals surface area (Å²) in [5.41, 5.74) is -0.415. The molecule has 0 unspecified atom stereocenters. The van der Waals surface area contributed by atoms with Crippen LogP contribution in [0.2, 0.25) is 0 Å². The molecule has 1 saturated carbocycles. The first-order chi connectivity index (χ1) is 9.89. The number of nitrogens with zero attached hydrogens (tertiary/aromatic N) is 2. The molecule has 0 bridgehead atoms. The number of amides is 1. The average Bonchev–Trinajstić information content (AvgIpc) is 2.35. The molecule has 0 atom stereocenters. The largest absolute Gasteiger partial charge is 0.444 e. The van der Waals surface area contributed by atoms with Gasteiger partial charge in [-0.3, -0.25) is 4.90 Å². The zero-order valence-corrected chi connectivity index (χ0v) is 14.9. The maximum Gasteiger partial charge on any atom is 0.410 e. The Morgan fingerprint density at radius 1 is 1.19 bits per heavy atom. The van der Waals surface area contributed by atoms with Crippen molar-refractivity contribution in [2.75, 3.05) is 38.1 Å². The fraction of sp³-hybridized carbons (Fsp3) is 0.933. The van der Waals surface area contributed by atoms with E-state index in [1.54, 1.807) is 0 Å². The van der Waals surface area contributed by atoms with Gasteiger partial charge >= 0.3 is 6.09 Å². The molecule has 1 amide bonds. The summed E-state index contributed by atoms with van der Waals surface area (Å²) in [6.07, 6.45) is 2.49. The normalized spacial score (nSPS) is 27.3. The lowest BCUT2D eigenvalue weighted by Crippen LogP contribution is -2.57. The van der Waals surface area contributed by atoms with Crippen molar-refractivity contribution in [3.05, 3.63) is 0 Å². The molecule has 0 N–H and O–H groups in total. The molecule has 0 radical (unpaired) electrons. The van der Waals surface area contributed by atoms with Gasteiger partial charge in [-0.1, -0.05) is 15.9 Å². The second kappa shape index (κ2) is 7.29. The van der Waals surface area contributed by atoms with Crippen LogP contribution in [-0.2, 0) is 9.47 Å². The summed E-state index contributed by atoms with van der Waals surface area (Å²) >= 11 is 3.38. The smallest absolute Gasteiger partial charge is 0.410 e. The molecular formula is C15H27BrN2O3. The van der Waals surface area contributed by atoms with Gasteiger partial charge in [-0.2, -0.15) is 0 Å². The first kappa shape index (κ1) is 17.0. The molecule has 0 aromatic carbocycles. The second-order valence-corrected chi connectivity index (χ2v) is 7.60. The van der Waals surface area contributed by atoms with Crippen molar-refractivity contribution < 1.29 is 14.3 Å². The molecule has 6 heteroatoms. The third kappa shape index (κ3) is 5.11. The van der Waals surface area contributed by atoms with Gasteiger partial charge < -0.3 is 14.4 Å². The Morgan fingerprint density at radius 3 is 2.33 bits per heavy atom. The molecule has 21 heavy (non-hydrogen) atoms. The number of alkyl halides is 1. The highest BCUT2D eigenvalue weighted by atomic mass is 79.9. The topological polar surface area (TPSA) is 42.0 Å². The third-order valence-corrected chi connectivity index (χ3v) is 4.31. The minimum absolute atomic E-state index is 0.186. The van der Waals surface area contributed by atoms with Crippen LogP contribution in [0.25, 0.3) is 0 Å². The molecule has 2 aliphatic rings. The minimum atomic E-state index is -0.415. The molecule has 1 heterocycles. The van der Waals surface area contributed by atoms with E-state index in [-0.39, 0.29) is 6.09 Å². The Bertz CT molecular complexity index is 345. The molecule has 2 fully saturated rings. The third-order valence-electron chi connectivity index (χ3n) is 3.98. The van der Waals surface area contributed by atoms with Gasteiger partial charge in [0.1, 0.15) is 5.60 Å². The Hall–Kier alpha value is -0.330. The fourth-order valence-corrected chi connectivity index (χ4v) is 2.97. The molecule has 0 aromatic heterocycles. The Labute approximate surface area is 136 Å². The number of hydrogen-bond donors (Lipinski definition) is 0. The van der Waals surface area contributed by atoms with Gasteiger partial charge in [0.05, 0.1) is 12.7 Å². The molecule has 5 nitrogen and oxygen atoms in total. The van der Waals surface area contributed by atoms with E-state index in [9.17, 15) is 4.79 Å². The minimum Gasteiger partial charge on any atom is -0.444 e. The van der Waals surface area contributed by atoms with Crippen LogP contribution in [0.15, 0.2) is 0 Å². The van der Waals surface area contributed by atoms with Gasteiger partial charge in [0, 0.05) is 37.6 Å². The average molecular weight is 363 g/mol. The molecule has 0 aromatic rings. The number of ether oxygens (including phenoxy) is 2. The van der Waals surface area contributed by atoms with E-state index in [1.165, 1.54) is 0 Å². The zero-order valence-electron chi connectivity index (χ0n) is 13.3. The predicted octanol–water partition coefficient (Wildman–Crippen LogP) is 2.48. The molecule has 1 aliphatic carbocycles. The summed E-state index contributed by atoms with van der Waals surface area (Å²) in [6, 6.07) is 0.631. The lowest BCUT2D eigenvalue weighted by atomic mass is 9.87. The van der Waals surface area contributed by atoms with Crippen molar-refractivity contribution in [3.8, 4) is 0 Å². The van der Waals surface area contributed by atoms with Crippen molar-refractivity contribution >= 4 is 22.0 Å². The number of halogens is 1. The van der Waals surface area contributed by atoms with Crippen LogP contribution < -0.4 is 0 Å². The zero-order chi connectivity index (χ0) is 15.5. The van der Waals surface area contributed by atoms with Crippen LogP contribution in [0.1, 0.15) is 33.6 Å². The van der Waals surface area contributed by atoms with E-state index < -0.39 is 5.60 Å². The second-order valence-electron chi connectivity index (χ2n) is 6.81. The summed E-state index contributed by atoms with van der Waals surface area (Å²) < 4.78 is 11.1. The molecule has 1 aliphatic heterocycles. The molecule has 122 valence electrons. The summed E-state index contributed by atoms with van der Waals surface area (Å²) in [4.78, 5) is 16.3. The Morgan fingerprint density at radius 2 is 1.81 bits per heavy atom. The summed E-state index contributed by atoms with van der Waals surface area (Å²) in [6.45, 7) is 9.92. The first-order valence-electron chi connectivity index (χ1n) is 7.78. The van der Waals surface area contributed by atoms with Crippen molar-refractivity contribution in [2.45, 2.75) is 51.4 Å². The summed E-state index contributed by atoms with van der Waals surface area (Å²) in [5, 5.41) is 0.905. The van der Waals surface area contributed by atoms with Crippen molar-refractivity contribution in [2.24, 2.45) is 0 Å². The monoisotopic (exact) mass is 362 g/mol. The number of hydrogen-bond acceptors (Lipinski definition) is 4. The lowest BCUT2D eigenvalue weighted by molar-refractivity contribution is -0.0570. The van der Waals surface area contributed by atoms with E-state index in [0.29, 0.717) is 12.1 Å². The maximum absolute atomic E-state index is 12.0. The van der Waals surface area contributed by atoms with E-state index in [4.69, 9.17) is 9.47 Å². The van der Waals surface area contributed by atoms with Gasteiger partial charge in [0.2, 0.25) is 0 Å². The number of carbonyl (C=O) groups excluding carboxylic acids is 1. The van der Waals surface area contributed by atoms with Crippen LogP contribution in [0.5, 0.6) is 0 Å².